The molecule has 0 aliphatic heterocycles. The number of aryl methyl sites for hydroxylation is 1. The number of carbonyl (C=O) groups excluding carboxylic acids is 1. The van der Waals surface area contributed by atoms with Gasteiger partial charge in [0.2, 0.25) is 5.91 Å². The lowest BCUT2D eigenvalue weighted by Gasteiger charge is -2.21. The number of methoxy groups -OCH3 is 1. The van der Waals surface area contributed by atoms with Crippen LogP contribution in [0.2, 0.25) is 0 Å². The molecule has 2 aromatic rings. The summed E-state index contributed by atoms with van der Waals surface area (Å²) in [6.07, 6.45) is 18.2. The van der Waals surface area contributed by atoms with Gasteiger partial charge in [-0.2, -0.15) is 0 Å². The predicted octanol–water partition coefficient (Wildman–Crippen LogP) is 7.16. The van der Waals surface area contributed by atoms with E-state index in [1.165, 1.54) is 36.0 Å². The maximum absolute atomic E-state index is 12.6. The molecule has 1 heterocycles. The number of rotatable bonds is 15. The van der Waals surface area contributed by atoms with Crippen molar-refractivity contribution >= 4 is 11.5 Å². The van der Waals surface area contributed by atoms with Gasteiger partial charge >= 0.3 is 0 Å². The highest BCUT2D eigenvalue weighted by Gasteiger charge is 2.14. The van der Waals surface area contributed by atoms with Gasteiger partial charge in [0.25, 0.3) is 0 Å². The van der Waals surface area contributed by atoms with E-state index in [-0.39, 0.29) is 11.9 Å². The lowest BCUT2D eigenvalue weighted by Crippen LogP contribution is -2.37. The van der Waals surface area contributed by atoms with Crippen LogP contribution in [0.1, 0.15) is 76.8 Å². The van der Waals surface area contributed by atoms with Crippen molar-refractivity contribution in [2.24, 2.45) is 5.92 Å². The molecule has 0 aliphatic carbocycles. The van der Waals surface area contributed by atoms with Crippen molar-refractivity contribution < 1.29 is 9.53 Å². The first-order chi connectivity index (χ1) is 16.5. The van der Waals surface area contributed by atoms with Gasteiger partial charge in [-0.1, -0.05) is 70.4 Å². The number of ether oxygens (including phenoxy) is 1. The van der Waals surface area contributed by atoms with E-state index >= 15 is 0 Å². The topological polar surface area (TPSA) is 51.2 Å². The molecule has 1 aromatic carbocycles. The van der Waals surface area contributed by atoms with Crippen molar-refractivity contribution in [2.45, 2.75) is 78.2 Å². The van der Waals surface area contributed by atoms with Gasteiger partial charge in [-0.15, -0.1) is 0 Å². The van der Waals surface area contributed by atoms with Gasteiger partial charge in [0.1, 0.15) is 5.75 Å². The van der Waals surface area contributed by atoms with Crippen LogP contribution in [0, 0.1) is 5.92 Å². The first kappa shape index (κ1) is 27.4. The van der Waals surface area contributed by atoms with Gasteiger partial charge in [-0.05, 0) is 72.9 Å². The smallest absolute Gasteiger partial charge is 0.244 e. The molecule has 0 unspecified atom stereocenters. The van der Waals surface area contributed by atoms with Crippen LogP contribution in [-0.4, -0.2) is 24.0 Å². The fourth-order valence-corrected chi connectivity index (χ4v) is 4.00. The molecule has 0 saturated heterocycles. The number of pyridine rings is 1. The monoisotopic (exact) mass is 462 g/mol. The number of hydrogen-bond donors (Lipinski definition) is 1. The molecule has 184 valence electrons. The summed E-state index contributed by atoms with van der Waals surface area (Å²) in [6, 6.07) is 12.4. The van der Waals surface area contributed by atoms with Gasteiger partial charge in [0.15, 0.2) is 0 Å². The van der Waals surface area contributed by atoms with Gasteiger partial charge in [0.05, 0.1) is 7.11 Å². The molecule has 0 bridgehead atoms. The van der Waals surface area contributed by atoms with Crippen molar-refractivity contribution in [3.05, 3.63) is 78.1 Å². The molecule has 0 spiro atoms. The maximum atomic E-state index is 12.6. The highest BCUT2D eigenvalue weighted by molar-refractivity contribution is 5.88. The van der Waals surface area contributed by atoms with E-state index in [4.69, 9.17) is 4.74 Å². The van der Waals surface area contributed by atoms with E-state index in [0.29, 0.717) is 5.92 Å². The fraction of sp³-hybridized carbons (Fsp3) is 0.467. The Labute approximate surface area is 206 Å². The number of amides is 1. The van der Waals surface area contributed by atoms with E-state index in [1.54, 1.807) is 19.4 Å². The van der Waals surface area contributed by atoms with Crippen molar-refractivity contribution in [1.29, 1.82) is 0 Å². The molecule has 2 rings (SSSR count). The molecule has 1 amide bonds. The lowest BCUT2D eigenvalue weighted by atomic mass is 9.97. The van der Waals surface area contributed by atoms with Crippen LogP contribution in [0.5, 0.6) is 5.75 Å². The summed E-state index contributed by atoms with van der Waals surface area (Å²) in [5, 5.41) is 3.20. The molecule has 4 heteroatoms. The molecule has 0 aliphatic rings. The van der Waals surface area contributed by atoms with Crippen LogP contribution < -0.4 is 10.1 Å². The van der Waals surface area contributed by atoms with E-state index in [0.717, 1.165) is 37.9 Å². The Morgan fingerprint density at radius 3 is 2.53 bits per heavy atom. The average molecular weight is 463 g/mol. The third-order valence-electron chi connectivity index (χ3n) is 6.14. The van der Waals surface area contributed by atoms with Crippen LogP contribution >= 0.6 is 0 Å². The minimum Gasteiger partial charge on any atom is -0.497 e. The van der Waals surface area contributed by atoms with E-state index in [9.17, 15) is 4.79 Å². The molecule has 0 fully saturated rings. The first-order valence-electron chi connectivity index (χ1n) is 12.7. The largest absolute Gasteiger partial charge is 0.497 e. The molecule has 4 nitrogen and oxygen atoms in total. The summed E-state index contributed by atoms with van der Waals surface area (Å²) in [5.41, 5.74) is 3.67. The zero-order valence-corrected chi connectivity index (χ0v) is 21.4. The minimum absolute atomic E-state index is 0.0311. The van der Waals surface area contributed by atoms with Gasteiger partial charge in [-0.25, -0.2) is 0 Å². The van der Waals surface area contributed by atoms with Crippen molar-refractivity contribution in [3.8, 4) is 5.75 Å². The summed E-state index contributed by atoms with van der Waals surface area (Å²) in [4.78, 5) is 16.8. The Kier molecular flexibility index (Phi) is 12.8. The summed E-state index contributed by atoms with van der Waals surface area (Å²) in [5.74, 6) is 1.21. The van der Waals surface area contributed by atoms with Crippen LogP contribution in [0.3, 0.4) is 0 Å². The Bertz CT molecular complexity index is 886. The van der Waals surface area contributed by atoms with Gasteiger partial charge in [-0.3, -0.25) is 9.78 Å². The summed E-state index contributed by atoms with van der Waals surface area (Å²) in [6.45, 7) is 6.55. The van der Waals surface area contributed by atoms with E-state index in [1.807, 2.05) is 30.5 Å². The highest BCUT2D eigenvalue weighted by atomic mass is 16.5. The zero-order chi connectivity index (χ0) is 24.6. The number of aromatic nitrogens is 1. The van der Waals surface area contributed by atoms with E-state index < -0.39 is 0 Å². The number of nitrogens with one attached hydrogen (secondary N) is 1. The lowest BCUT2D eigenvalue weighted by molar-refractivity contribution is -0.117. The quantitative estimate of drug-likeness (QED) is 0.173. The maximum Gasteiger partial charge on any atom is 0.244 e. The molecule has 0 saturated carbocycles. The number of nitrogens with zero attached hydrogens (tertiary/aromatic N) is 1. The second-order valence-electron chi connectivity index (χ2n) is 9.20. The fourth-order valence-electron chi connectivity index (χ4n) is 4.00. The van der Waals surface area contributed by atoms with Crippen LogP contribution in [0.4, 0.5) is 0 Å². The van der Waals surface area contributed by atoms with Crippen LogP contribution in [0.15, 0.2) is 67.0 Å². The Balaban J connectivity index is 1.96. The molecular formula is C30H42N2O2. The number of benzene rings is 1. The number of carbonyl (C=O) groups is 1. The minimum atomic E-state index is -0.0311. The predicted molar refractivity (Wildman–Crippen MR) is 143 cm³/mol. The SMILES string of the molecule is CCCCCC/C(=C\C=C\C(=O)N[C@H](CCCc1cccnc1)C(C)C)c1ccc(OC)cc1. The first-order valence-corrected chi connectivity index (χ1v) is 12.7. The molecule has 1 aromatic heterocycles. The number of unbranched alkanes of at least 4 members (excludes halogenated alkanes) is 3. The molecular weight excluding hydrogens is 420 g/mol. The van der Waals surface area contributed by atoms with Gasteiger partial charge in [0, 0.05) is 24.5 Å². The molecule has 0 radical (unpaired) electrons. The Morgan fingerprint density at radius 2 is 1.88 bits per heavy atom. The highest BCUT2D eigenvalue weighted by Crippen LogP contribution is 2.24. The van der Waals surface area contributed by atoms with Gasteiger partial charge < -0.3 is 10.1 Å². The van der Waals surface area contributed by atoms with Crippen molar-refractivity contribution in [1.82, 2.24) is 10.3 Å². The zero-order valence-electron chi connectivity index (χ0n) is 21.4. The van der Waals surface area contributed by atoms with E-state index in [2.05, 4.69) is 55.3 Å². The van der Waals surface area contributed by atoms with Crippen LogP contribution in [-0.2, 0) is 11.2 Å². The Hall–Kier alpha value is -2.88. The Morgan fingerprint density at radius 1 is 1.09 bits per heavy atom. The molecule has 1 N–H and O–H groups in total. The molecule has 1 atom stereocenters. The average Bonchev–Trinajstić information content (AvgIpc) is 2.85. The summed E-state index contributed by atoms with van der Waals surface area (Å²) in [7, 11) is 1.68. The number of hydrogen-bond acceptors (Lipinski definition) is 3. The summed E-state index contributed by atoms with van der Waals surface area (Å²) < 4.78 is 5.29. The third-order valence-corrected chi connectivity index (χ3v) is 6.14. The third kappa shape index (κ3) is 10.4. The second kappa shape index (κ2) is 15.9. The van der Waals surface area contributed by atoms with Crippen LogP contribution in [0.25, 0.3) is 5.57 Å². The second-order valence-corrected chi connectivity index (χ2v) is 9.20. The standard InChI is InChI=1S/C30H42N2O2/c1-5-6-7-8-14-26(27-18-20-28(34-4)21-19-27)15-10-17-30(33)32-29(24(2)3)16-9-12-25-13-11-22-31-23-25/h10-11,13,15,17-24,29H,5-9,12,14,16H2,1-4H3,(H,32,33)/b17-10+,26-15+/t29-/m1/s1. The van der Waals surface area contributed by atoms with Crippen molar-refractivity contribution in [2.75, 3.05) is 7.11 Å². The normalized spacial score (nSPS) is 12.8. The number of allylic oxidation sites excluding steroid dienone is 3. The summed E-state index contributed by atoms with van der Waals surface area (Å²) >= 11 is 0. The molecule has 34 heavy (non-hydrogen) atoms. The van der Waals surface area contributed by atoms with Crippen molar-refractivity contribution in [3.63, 3.8) is 0 Å².